The number of fused-ring (bicyclic) bond motifs is 4. The van der Waals surface area contributed by atoms with Gasteiger partial charge in [0.15, 0.2) is 11.5 Å². The first-order valence-corrected chi connectivity index (χ1v) is 12.1. The van der Waals surface area contributed by atoms with E-state index in [0.717, 1.165) is 5.57 Å². The molecule has 3 fully saturated rings. The molecule has 0 bridgehead atoms. The van der Waals surface area contributed by atoms with E-state index in [1.165, 1.54) is 12.0 Å². The number of hydrogen-bond donors (Lipinski definition) is 2. The number of para-hydroxylation sites is 2. The minimum Gasteiger partial charge on any atom is -0.504 e. The summed E-state index contributed by atoms with van der Waals surface area (Å²) in [6.45, 7) is 1.79. The Labute approximate surface area is 207 Å². The van der Waals surface area contributed by atoms with Crippen LogP contribution in [0.1, 0.15) is 31.2 Å². The number of imide groups is 2. The number of rotatable bonds is 3. The number of phenolic OH excluding ortho intramolecular Hbond substituents is 1. The minimum absolute atomic E-state index is 0.0981. The SMILES string of the molecule is COc1cccc([C@H]2C3=CC[C@@H]4C(=O)NC(=O)[C@@H]4[C@@H]3C[C@H]3C(=O)N(c4ccccc4)C(=O)[C@@]23C)c1O. The standard InChI is InChI=1S/C28H26N2O6/c1-28-19(26(34)30(27(28)35)14-7-4-3-5-8-14)13-18-15(11-12-16-21(18)25(33)29-24(16)32)22(28)17-9-6-10-20(36-2)23(17)31/h3-11,16,18-19,21-22,31H,12-13H2,1-2H3,(H,29,32,33)/t16-,18+,19-,21-,22+,28+/m0/s1. The maximum absolute atomic E-state index is 14.2. The van der Waals surface area contributed by atoms with Crippen molar-refractivity contribution in [1.29, 1.82) is 0 Å². The molecule has 0 radical (unpaired) electrons. The molecule has 2 aromatic carbocycles. The molecule has 4 aliphatic rings. The molecule has 0 unspecified atom stereocenters. The van der Waals surface area contributed by atoms with E-state index in [1.54, 1.807) is 49.4 Å². The minimum atomic E-state index is -1.20. The lowest BCUT2D eigenvalue weighted by atomic mass is 9.51. The van der Waals surface area contributed by atoms with E-state index in [1.807, 2.05) is 12.1 Å². The number of aromatic hydroxyl groups is 1. The van der Waals surface area contributed by atoms with Gasteiger partial charge in [0.1, 0.15) is 0 Å². The topological polar surface area (TPSA) is 113 Å². The molecule has 6 atom stereocenters. The number of anilines is 1. The van der Waals surface area contributed by atoms with E-state index >= 15 is 0 Å². The molecule has 2 heterocycles. The van der Waals surface area contributed by atoms with Crippen LogP contribution in [0.25, 0.3) is 0 Å². The van der Waals surface area contributed by atoms with Crippen LogP contribution in [0.3, 0.4) is 0 Å². The number of carbonyl (C=O) groups excluding carboxylic acids is 4. The Balaban J connectivity index is 1.57. The van der Waals surface area contributed by atoms with E-state index in [2.05, 4.69) is 5.32 Å². The van der Waals surface area contributed by atoms with Gasteiger partial charge in [-0.15, -0.1) is 0 Å². The average Bonchev–Trinajstić information content (AvgIpc) is 3.27. The molecule has 36 heavy (non-hydrogen) atoms. The molecule has 6 rings (SSSR count). The third-order valence-corrected chi connectivity index (χ3v) is 8.69. The lowest BCUT2D eigenvalue weighted by Crippen LogP contribution is -2.48. The molecule has 0 spiro atoms. The number of amides is 4. The zero-order chi connectivity index (χ0) is 25.4. The lowest BCUT2D eigenvalue weighted by molar-refractivity contribution is -0.131. The van der Waals surface area contributed by atoms with E-state index in [4.69, 9.17) is 4.74 Å². The number of allylic oxidation sites excluding steroid dienone is 2. The molecule has 8 heteroatoms. The summed E-state index contributed by atoms with van der Waals surface area (Å²) in [5, 5.41) is 13.6. The van der Waals surface area contributed by atoms with Gasteiger partial charge in [0, 0.05) is 11.5 Å². The fourth-order valence-electron chi connectivity index (χ4n) is 7.03. The zero-order valence-corrected chi connectivity index (χ0v) is 19.9. The lowest BCUT2D eigenvalue weighted by Gasteiger charge is -2.49. The van der Waals surface area contributed by atoms with Crippen molar-refractivity contribution in [2.24, 2.45) is 29.1 Å². The highest BCUT2D eigenvalue weighted by Crippen LogP contribution is 2.64. The number of ether oxygens (including phenoxy) is 1. The molecule has 0 aromatic heterocycles. The zero-order valence-electron chi connectivity index (χ0n) is 19.9. The summed E-state index contributed by atoms with van der Waals surface area (Å²) in [5.41, 5.74) is 0.572. The van der Waals surface area contributed by atoms with Crippen LogP contribution in [0.2, 0.25) is 0 Å². The van der Waals surface area contributed by atoms with Gasteiger partial charge in [0.05, 0.1) is 36.0 Å². The summed E-state index contributed by atoms with van der Waals surface area (Å²) < 4.78 is 5.36. The number of methoxy groups -OCH3 is 1. The Morgan fingerprint density at radius 2 is 1.75 bits per heavy atom. The summed E-state index contributed by atoms with van der Waals surface area (Å²) in [7, 11) is 1.45. The molecule has 2 aliphatic carbocycles. The number of carbonyl (C=O) groups is 4. The van der Waals surface area contributed by atoms with E-state index < -0.39 is 35.0 Å². The van der Waals surface area contributed by atoms with Gasteiger partial charge in [0.2, 0.25) is 23.6 Å². The quantitative estimate of drug-likeness (QED) is 0.510. The summed E-state index contributed by atoms with van der Waals surface area (Å²) >= 11 is 0. The van der Waals surface area contributed by atoms with Crippen molar-refractivity contribution in [1.82, 2.24) is 5.32 Å². The van der Waals surface area contributed by atoms with Gasteiger partial charge in [-0.3, -0.25) is 24.5 Å². The largest absolute Gasteiger partial charge is 0.504 e. The molecule has 184 valence electrons. The fourth-order valence-corrected chi connectivity index (χ4v) is 7.03. The van der Waals surface area contributed by atoms with Gasteiger partial charge in [-0.05, 0) is 43.9 Å². The van der Waals surface area contributed by atoms with Gasteiger partial charge in [0.25, 0.3) is 0 Å². The predicted molar refractivity (Wildman–Crippen MR) is 129 cm³/mol. The summed E-state index contributed by atoms with van der Waals surface area (Å²) in [6.07, 6.45) is 2.58. The van der Waals surface area contributed by atoms with Crippen LogP contribution < -0.4 is 15.0 Å². The number of nitrogens with one attached hydrogen (secondary N) is 1. The second kappa shape index (κ2) is 7.78. The Hall–Kier alpha value is -3.94. The van der Waals surface area contributed by atoms with Crippen molar-refractivity contribution in [3.8, 4) is 11.5 Å². The van der Waals surface area contributed by atoms with Crippen molar-refractivity contribution in [2.75, 3.05) is 12.0 Å². The van der Waals surface area contributed by atoms with Gasteiger partial charge < -0.3 is 9.84 Å². The van der Waals surface area contributed by atoms with E-state index in [0.29, 0.717) is 17.7 Å². The van der Waals surface area contributed by atoms with Crippen molar-refractivity contribution in [3.63, 3.8) is 0 Å². The molecule has 1 saturated carbocycles. The number of benzene rings is 2. The first-order valence-electron chi connectivity index (χ1n) is 12.1. The van der Waals surface area contributed by atoms with E-state index in [9.17, 15) is 24.3 Å². The van der Waals surface area contributed by atoms with Crippen molar-refractivity contribution in [2.45, 2.75) is 25.7 Å². The molecule has 2 aliphatic heterocycles. The van der Waals surface area contributed by atoms with Crippen LogP contribution in [0.15, 0.2) is 60.2 Å². The Kier molecular flexibility index (Phi) is 4.87. The van der Waals surface area contributed by atoms with Crippen LogP contribution in [-0.2, 0) is 19.2 Å². The van der Waals surface area contributed by atoms with Crippen LogP contribution in [0, 0.1) is 29.1 Å². The first kappa shape index (κ1) is 22.5. The van der Waals surface area contributed by atoms with Crippen molar-refractivity contribution in [3.05, 3.63) is 65.7 Å². The monoisotopic (exact) mass is 486 g/mol. The second-order valence-electron chi connectivity index (χ2n) is 10.2. The van der Waals surface area contributed by atoms with E-state index in [-0.39, 0.29) is 41.5 Å². The smallest absolute Gasteiger partial charge is 0.241 e. The second-order valence-corrected chi connectivity index (χ2v) is 10.2. The Morgan fingerprint density at radius 3 is 2.47 bits per heavy atom. The molecule has 8 nitrogen and oxygen atoms in total. The highest BCUT2D eigenvalue weighted by Gasteiger charge is 2.67. The van der Waals surface area contributed by atoms with Crippen LogP contribution in [0.4, 0.5) is 5.69 Å². The summed E-state index contributed by atoms with van der Waals surface area (Å²) in [6, 6.07) is 13.9. The maximum atomic E-state index is 14.2. The highest BCUT2D eigenvalue weighted by molar-refractivity contribution is 6.24. The fraction of sp³-hybridized carbons (Fsp3) is 0.357. The van der Waals surface area contributed by atoms with Crippen LogP contribution in [-0.4, -0.2) is 35.8 Å². The van der Waals surface area contributed by atoms with Gasteiger partial charge in [-0.1, -0.05) is 42.0 Å². The molecule has 2 N–H and O–H groups in total. The van der Waals surface area contributed by atoms with Crippen LogP contribution >= 0.6 is 0 Å². The highest BCUT2D eigenvalue weighted by atomic mass is 16.5. The maximum Gasteiger partial charge on any atom is 0.241 e. The van der Waals surface area contributed by atoms with Gasteiger partial charge in [-0.2, -0.15) is 0 Å². The molecule has 2 saturated heterocycles. The van der Waals surface area contributed by atoms with Crippen LogP contribution in [0.5, 0.6) is 11.5 Å². The van der Waals surface area contributed by atoms with Gasteiger partial charge >= 0.3 is 0 Å². The third kappa shape index (κ3) is 2.81. The predicted octanol–water partition coefficient (Wildman–Crippen LogP) is 2.92. The summed E-state index contributed by atoms with van der Waals surface area (Å²) in [5.74, 6) is -4.06. The van der Waals surface area contributed by atoms with Crippen molar-refractivity contribution >= 4 is 29.3 Å². The molecular weight excluding hydrogens is 460 g/mol. The number of nitrogens with zero attached hydrogens (tertiary/aromatic N) is 1. The molecule has 2 aromatic rings. The average molecular weight is 487 g/mol. The molecule has 4 amide bonds. The first-order chi connectivity index (χ1) is 17.3. The number of hydrogen-bond acceptors (Lipinski definition) is 6. The summed E-state index contributed by atoms with van der Waals surface area (Å²) in [4.78, 5) is 54.7. The molecular formula is C28H26N2O6. The third-order valence-electron chi connectivity index (χ3n) is 8.69. The number of phenols is 1. The van der Waals surface area contributed by atoms with Gasteiger partial charge in [-0.25, -0.2) is 4.90 Å². The Bertz CT molecular complexity index is 1350. The Morgan fingerprint density at radius 1 is 1.00 bits per heavy atom. The van der Waals surface area contributed by atoms with Crippen molar-refractivity contribution < 1.29 is 29.0 Å². The normalized spacial score (nSPS) is 33.0.